The van der Waals surface area contributed by atoms with Crippen LogP contribution in [0.1, 0.15) is 23.1 Å². The number of alkyl halides is 3. The van der Waals surface area contributed by atoms with Crippen LogP contribution in [0.3, 0.4) is 0 Å². The van der Waals surface area contributed by atoms with Crippen LogP contribution in [0.25, 0.3) is 17.0 Å². The number of aromatic nitrogens is 2. The number of aliphatic imine (C=N–C) groups is 1. The third kappa shape index (κ3) is 4.58. The molecule has 0 spiro atoms. The molecular formula is C23H18F4N4O2S. The van der Waals surface area contributed by atoms with Crippen molar-refractivity contribution in [2.75, 3.05) is 13.1 Å². The van der Waals surface area contributed by atoms with Gasteiger partial charge in [0.2, 0.25) is 0 Å². The van der Waals surface area contributed by atoms with E-state index in [1.165, 1.54) is 4.68 Å². The molecule has 1 atom stereocenters. The summed E-state index contributed by atoms with van der Waals surface area (Å²) in [5, 5.41) is 14.5. The number of amidine groups is 1. The summed E-state index contributed by atoms with van der Waals surface area (Å²) < 4.78 is 54.7. The number of nitrogens with zero attached hydrogens (tertiary/aromatic N) is 4. The molecule has 5 rings (SSSR count). The zero-order valence-corrected chi connectivity index (χ0v) is 18.4. The second kappa shape index (κ2) is 8.55. The molecule has 1 fully saturated rings. The molecule has 1 saturated heterocycles. The van der Waals surface area contributed by atoms with E-state index >= 15 is 0 Å². The van der Waals surface area contributed by atoms with E-state index in [0.717, 1.165) is 29.5 Å². The molecule has 6 nitrogen and oxygen atoms in total. The number of hydrogen-bond donors (Lipinski definition) is 1. The fourth-order valence-corrected chi connectivity index (χ4v) is 4.88. The minimum atomic E-state index is -4.68. The second-order valence-electron chi connectivity index (χ2n) is 8.14. The Balaban J connectivity index is 1.42. The van der Waals surface area contributed by atoms with Crippen LogP contribution >= 0.6 is 11.8 Å². The lowest BCUT2D eigenvalue weighted by Gasteiger charge is -2.17. The van der Waals surface area contributed by atoms with Crippen LogP contribution in [0.15, 0.2) is 52.5 Å². The smallest absolute Gasteiger partial charge is 0.391 e. The number of rotatable bonds is 3. The van der Waals surface area contributed by atoms with Crippen LogP contribution in [0, 0.1) is 5.82 Å². The van der Waals surface area contributed by atoms with Crippen molar-refractivity contribution in [1.82, 2.24) is 14.7 Å². The molecule has 3 aromatic rings. The maximum atomic E-state index is 13.4. The summed E-state index contributed by atoms with van der Waals surface area (Å²) in [6.45, 7) is 0.859. The maximum Gasteiger partial charge on any atom is 0.416 e. The molecule has 1 unspecified atom stereocenters. The fraction of sp³-hybridized carbons (Fsp3) is 0.261. The largest absolute Gasteiger partial charge is 0.416 e. The van der Waals surface area contributed by atoms with Crippen LogP contribution in [0.5, 0.6) is 0 Å². The molecule has 11 heteroatoms. The van der Waals surface area contributed by atoms with Crippen LogP contribution in [0.2, 0.25) is 0 Å². The molecule has 2 aliphatic rings. The number of thioether (sulfide) groups is 1. The van der Waals surface area contributed by atoms with Crippen molar-refractivity contribution in [3.8, 4) is 0 Å². The van der Waals surface area contributed by atoms with Crippen LogP contribution in [-0.2, 0) is 12.7 Å². The van der Waals surface area contributed by atoms with Crippen molar-refractivity contribution < 1.29 is 27.5 Å². The Labute approximate surface area is 195 Å². The minimum Gasteiger partial charge on any atom is -0.391 e. The Kier molecular flexibility index (Phi) is 5.68. The Hall–Kier alpha value is -3.18. The topological polar surface area (TPSA) is 70.7 Å². The van der Waals surface area contributed by atoms with E-state index in [0.29, 0.717) is 47.2 Å². The average Bonchev–Trinajstić information content (AvgIpc) is 3.46. The Morgan fingerprint density at radius 2 is 2.03 bits per heavy atom. The zero-order chi connectivity index (χ0) is 24.0. The number of β-amino-alcohol motifs (C(OH)–C–C–N with tert-alkyl or cyclic N) is 1. The Morgan fingerprint density at radius 1 is 1.21 bits per heavy atom. The highest BCUT2D eigenvalue weighted by Gasteiger charge is 2.34. The van der Waals surface area contributed by atoms with E-state index in [4.69, 9.17) is 0 Å². The van der Waals surface area contributed by atoms with Gasteiger partial charge >= 0.3 is 11.4 Å². The first-order valence-corrected chi connectivity index (χ1v) is 11.3. The molecule has 1 aromatic heterocycles. The summed E-state index contributed by atoms with van der Waals surface area (Å²) in [6, 6.07) is 7.96. The van der Waals surface area contributed by atoms with Crippen molar-refractivity contribution in [1.29, 1.82) is 0 Å². The minimum absolute atomic E-state index is 0.0847. The van der Waals surface area contributed by atoms with E-state index in [1.54, 1.807) is 18.3 Å². The molecule has 0 radical (unpaired) electrons. The van der Waals surface area contributed by atoms with Gasteiger partial charge in [-0.15, -0.1) is 0 Å². The molecule has 0 saturated carbocycles. The highest BCUT2D eigenvalue weighted by atomic mass is 32.2. The third-order valence-corrected chi connectivity index (χ3v) is 6.45. The van der Waals surface area contributed by atoms with E-state index in [2.05, 4.69) is 10.1 Å². The number of carbonyl (C=O) groups is 1. The molecule has 1 N–H and O–H groups in total. The van der Waals surface area contributed by atoms with Crippen molar-refractivity contribution in [2.24, 2.45) is 4.99 Å². The molecule has 0 bridgehead atoms. The summed E-state index contributed by atoms with van der Waals surface area (Å²) >= 11 is 1.01. The lowest BCUT2D eigenvalue weighted by Crippen LogP contribution is -2.29. The SMILES string of the molecule is O=C1N=C(N2CCC(O)C2)/C(=C/c2ccc3nn(Cc4ccc(F)cc4C(F)(F)F)cc3c2)S1. The van der Waals surface area contributed by atoms with Gasteiger partial charge in [-0.05, 0) is 59.7 Å². The summed E-state index contributed by atoms with van der Waals surface area (Å²) in [6.07, 6.45) is -1.08. The van der Waals surface area contributed by atoms with Crippen LogP contribution in [-0.4, -0.2) is 50.1 Å². The van der Waals surface area contributed by atoms with Gasteiger partial charge < -0.3 is 10.0 Å². The second-order valence-corrected chi connectivity index (χ2v) is 9.14. The van der Waals surface area contributed by atoms with Gasteiger partial charge in [-0.2, -0.15) is 23.3 Å². The standard InChI is InChI=1S/C23H18F4N4O2S/c24-16-3-2-14(18(9-16)23(25,26)27)10-31-11-15-7-13(1-4-19(15)29-31)8-20-21(28-22(33)34-20)30-6-5-17(32)12-30/h1-4,7-9,11,17,32H,5-6,10,12H2/b20-8-. The van der Waals surface area contributed by atoms with Gasteiger partial charge in [-0.25, -0.2) is 4.39 Å². The number of hydrogen-bond acceptors (Lipinski definition) is 5. The molecule has 0 aliphatic carbocycles. The number of carbonyl (C=O) groups excluding carboxylic acids is 1. The zero-order valence-electron chi connectivity index (χ0n) is 17.6. The predicted octanol–water partition coefficient (Wildman–Crippen LogP) is 4.92. The van der Waals surface area contributed by atoms with Gasteiger partial charge in [0, 0.05) is 24.7 Å². The quantitative estimate of drug-likeness (QED) is 0.528. The first kappa shape index (κ1) is 22.6. The van der Waals surface area contributed by atoms with E-state index < -0.39 is 23.7 Å². The normalized spacial score (nSPS) is 20.1. The Bertz CT molecular complexity index is 1350. The molecule has 34 heavy (non-hydrogen) atoms. The number of fused-ring (bicyclic) bond motifs is 1. The van der Waals surface area contributed by atoms with Gasteiger partial charge in [-0.3, -0.25) is 9.48 Å². The first-order chi connectivity index (χ1) is 16.2. The van der Waals surface area contributed by atoms with Crippen LogP contribution in [0.4, 0.5) is 22.4 Å². The monoisotopic (exact) mass is 490 g/mol. The summed E-state index contributed by atoms with van der Waals surface area (Å²) in [4.78, 5) is 18.6. The first-order valence-electron chi connectivity index (χ1n) is 10.4. The van der Waals surface area contributed by atoms with Gasteiger partial charge in [-0.1, -0.05) is 12.1 Å². The van der Waals surface area contributed by atoms with Crippen molar-refractivity contribution >= 4 is 39.8 Å². The molecule has 2 aliphatic heterocycles. The number of halogens is 4. The lowest BCUT2D eigenvalue weighted by molar-refractivity contribution is -0.138. The summed E-state index contributed by atoms with van der Waals surface area (Å²) in [5.74, 6) is -0.410. The van der Waals surface area contributed by atoms with E-state index in [9.17, 15) is 27.5 Å². The number of aliphatic hydroxyl groups excluding tert-OH is 1. The molecule has 1 amide bonds. The third-order valence-electron chi connectivity index (χ3n) is 5.66. The summed E-state index contributed by atoms with van der Waals surface area (Å²) in [5.41, 5.74) is 0.247. The highest BCUT2D eigenvalue weighted by Crippen LogP contribution is 2.34. The maximum absolute atomic E-state index is 13.4. The van der Waals surface area contributed by atoms with E-state index in [1.807, 2.05) is 17.0 Å². The molecule has 176 valence electrons. The molecule has 2 aromatic carbocycles. The van der Waals surface area contributed by atoms with Gasteiger partial charge in [0.25, 0.3) is 0 Å². The van der Waals surface area contributed by atoms with Gasteiger partial charge in [0.1, 0.15) is 11.7 Å². The van der Waals surface area contributed by atoms with Crippen molar-refractivity contribution in [3.63, 3.8) is 0 Å². The number of amides is 1. The lowest BCUT2D eigenvalue weighted by atomic mass is 10.1. The van der Waals surface area contributed by atoms with Crippen molar-refractivity contribution in [3.05, 3.63) is 70.0 Å². The number of aliphatic hydroxyl groups is 1. The fourth-order valence-electron chi connectivity index (χ4n) is 4.10. The Morgan fingerprint density at radius 3 is 2.76 bits per heavy atom. The molecule has 3 heterocycles. The van der Waals surface area contributed by atoms with E-state index in [-0.39, 0.29) is 17.3 Å². The average molecular weight is 490 g/mol. The van der Waals surface area contributed by atoms with Gasteiger partial charge in [0.15, 0.2) is 0 Å². The highest BCUT2D eigenvalue weighted by molar-refractivity contribution is 8.18. The van der Waals surface area contributed by atoms with Gasteiger partial charge in [0.05, 0.1) is 28.6 Å². The van der Waals surface area contributed by atoms with Crippen LogP contribution < -0.4 is 0 Å². The van der Waals surface area contributed by atoms with Crippen molar-refractivity contribution in [2.45, 2.75) is 25.2 Å². The number of benzene rings is 2. The summed E-state index contributed by atoms with van der Waals surface area (Å²) in [7, 11) is 0. The number of likely N-dealkylation sites (tertiary alicyclic amines) is 1. The molecular weight excluding hydrogens is 472 g/mol. The predicted molar refractivity (Wildman–Crippen MR) is 121 cm³/mol.